The number of carbonyl (C=O) groups excluding carboxylic acids is 1. The van der Waals surface area contributed by atoms with Crippen LogP contribution in [0.4, 0.5) is 5.69 Å². The van der Waals surface area contributed by atoms with Gasteiger partial charge in [0, 0.05) is 38.3 Å². The van der Waals surface area contributed by atoms with Crippen LogP contribution in [0.2, 0.25) is 0 Å². The number of nitrogens with one attached hydrogen (secondary N) is 1. The first-order valence-corrected chi connectivity index (χ1v) is 9.78. The molecule has 8 heteroatoms. The van der Waals surface area contributed by atoms with E-state index in [0.29, 0.717) is 19.6 Å². The van der Waals surface area contributed by atoms with Gasteiger partial charge in [-0.05, 0) is 12.5 Å². The Hall–Kier alpha value is -2.10. The van der Waals surface area contributed by atoms with Crippen molar-refractivity contribution in [1.29, 1.82) is 0 Å². The van der Waals surface area contributed by atoms with Crippen LogP contribution in [0.1, 0.15) is 26.3 Å². The number of halogens is 1. The lowest BCUT2D eigenvalue weighted by atomic mass is 9.85. The van der Waals surface area contributed by atoms with Gasteiger partial charge in [0.2, 0.25) is 5.91 Å². The highest BCUT2D eigenvalue weighted by Gasteiger charge is 2.28. The normalized spacial score (nSPS) is 15.3. The highest BCUT2D eigenvalue weighted by molar-refractivity contribution is 14.0. The van der Waals surface area contributed by atoms with Gasteiger partial charge < -0.3 is 15.1 Å². The van der Waals surface area contributed by atoms with E-state index in [4.69, 9.17) is 4.99 Å². The number of carbonyl (C=O) groups is 1. The second-order valence-corrected chi connectivity index (χ2v) is 7.76. The summed E-state index contributed by atoms with van der Waals surface area (Å²) in [6.07, 6.45) is 3.60. The molecule has 0 atom stereocenters. The van der Waals surface area contributed by atoms with Gasteiger partial charge in [-0.1, -0.05) is 44.2 Å². The molecule has 0 radical (unpaired) electrons. The molecule has 1 aromatic carbocycles. The molecule has 1 aromatic heterocycles. The van der Waals surface area contributed by atoms with Gasteiger partial charge in [0.15, 0.2) is 5.96 Å². The van der Waals surface area contributed by atoms with E-state index in [9.17, 15) is 4.79 Å². The lowest BCUT2D eigenvalue weighted by Crippen LogP contribution is -2.55. The summed E-state index contributed by atoms with van der Waals surface area (Å²) in [6, 6.07) is 10.4. The molecule has 1 aliphatic rings. The number of amides is 1. The molecule has 0 unspecified atom stereocenters. The number of hydrogen-bond acceptors (Lipinski definition) is 3. The summed E-state index contributed by atoms with van der Waals surface area (Å²) in [4.78, 5) is 21.4. The number of guanidine groups is 1. The Balaban J connectivity index is 0.00000300. The van der Waals surface area contributed by atoms with Crippen molar-refractivity contribution < 1.29 is 4.79 Å². The molecule has 1 fully saturated rings. The standard InChI is InChI=1S/C21H30N6O.HI/c1-5-22-20(23-16-21(2,3)17-9-7-6-8-10-17)26-11-12-27(19(28)15-26)18-13-24-25(4)14-18;/h6-10,13-14H,5,11-12,15-16H2,1-4H3,(H,22,23);1H. The van der Waals surface area contributed by atoms with Crippen molar-refractivity contribution in [2.45, 2.75) is 26.2 Å². The van der Waals surface area contributed by atoms with Crippen LogP contribution in [0.5, 0.6) is 0 Å². The number of aryl methyl sites for hydroxylation is 1. The molecule has 1 aliphatic heterocycles. The molecule has 0 spiro atoms. The minimum atomic E-state index is -0.0799. The third-order valence-corrected chi connectivity index (χ3v) is 5.04. The van der Waals surface area contributed by atoms with Crippen molar-refractivity contribution in [3.05, 3.63) is 48.3 Å². The van der Waals surface area contributed by atoms with E-state index < -0.39 is 0 Å². The molecule has 1 saturated heterocycles. The van der Waals surface area contributed by atoms with Crippen LogP contribution in [0, 0.1) is 0 Å². The van der Waals surface area contributed by atoms with Crippen LogP contribution in [0.15, 0.2) is 47.7 Å². The average molecular weight is 510 g/mol. The molecule has 7 nitrogen and oxygen atoms in total. The largest absolute Gasteiger partial charge is 0.357 e. The summed E-state index contributed by atoms with van der Waals surface area (Å²) in [7, 11) is 1.86. The van der Waals surface area contributed by atoms with Crippen LogP contribution in [-0.4, -0.2) is 59.3 Å². The van der Waals surface area contributed by atoms with Crippen molar-refractivity contribution in [1.82, 2.24) is 20.0 Å². The van der Waals surface area contributed by atoms with Crippen LogP contribution < -0.4 is 10.2 Å². The van der Waals surface area contributed by atoms with E-state index in [1.807, 2.05) is 31.1 Å². The van der Waals surface area contributed by atoms with E-state index in [2.05, 4.69) is 48.5 Å². The molecule has 158 valence electrons. The summed E-state index contributed by atoms with van der Waals surface area (Å²) in [5, 5.41) is 7.51. The summed E-state index contributed by atoms with van der Waals surface area (Å²) >= 11 is 0. The van der Waals surface area contributed by atoms with Gasteiger partial charge in [-0.2, -0.15) is 5.10 Å². The van der Waals surface area contributed by atoms with Gasteiger partial charge in [-0.3, -0.25) is 14.5 Å². The van der Waals surface area contributed by atoms with Gasteiger partial charge in [-0.15, -0.1) is 24.0 Å². The van der Waals surface area contributed by atoms with Crippen molar-refractivity contribution in [3.63, 3.8) is 0 Å². The van der Waals surface area contributed by atoms with Gasteiger partial charge in [-0.25, -0.2) is 0 Å². The summed E-state index contributed by atoms with van der Waals surface area (Å²) < 4.78 is 1.71. The number of rotatable bonds is 5. The number of aliphatic imine (C=N–C) groups is 1. The monoisotopic (exact) mass is 510 g/mol. The molecule has 29 heavy (non-hydrogen) atoms. The number of aromatic nitrogens is 2. The Morgan fingerprint density at radius 2 is 1.97 bits per heavy atom. The maximum Gasteiger partial charge on any atom is 0.246 e. The Kier molecular flexibility index (Phi) is 8.06. The van der Waals surface area contributed by atoms with Crippen molar-refractivity contribution in [2.24, 2.45) is 12.0 Å². The minimum absolute atomic E-state index is 0. The lowest BCUT2D eigenvalue weighted by Gasteiger charge is -2.36. The first-order valence-electron chi connectivity index (χ1n) is 9.78. The number of nitrogens with zero attached hydrogens (tertiary/aromatic N) is 5. The third kappa shape index (κ3) is 5.71. The summed E-state index contributed by atoms with van der Waals surface area (Å²) in [5.41, 5.74) is 2.02. The average Bonchev–Trinajstić information content (AvgIpc) is 3.12. The second-order valence-electron chi connectivity index (χ2n) is 7.76. The summed E-state index contributed by atoms with van der Waals surface area (Å²) in [6.45, 7) is 9.52. The molecule has 2 heterocycles. The predicted octanol–water partition coefficient (Wildman–Crippen LogP) is 2.63. The van der Waals surface area contributed by atoms with Gasteiger partial charge >= 0.3 is 0 Å². The van der Waals surface area contributed by atoms with E-state index in [1.54, 1.807) is 15.8 Å². The lowest BCUT2D eigenvalue weighted by molar-refractivity contribution is -0.120. The Morgan fingerprint density at radius 1 is 1.24 bits per heavy atom. The van der Waals surface area contributed by atoms with E-state index in [0.717, 1.165) is 24.7 Å². The summed E-state index contributed by atoms with van der Waals surface area (Å²) in [5.74, 6) is 0.859. The first-order chi connectivity index (χ1) is 13.4. The molecular weight excluding hydrogens is 479 g/mol. The van der Waals surface area contributed by atoms with Gasteiger partial charge in [0.05, 0.1) is 18.4 Å². The molecule has 1 N–H and O–H groups in total. The fourth-order valence-corrected chi connectivity index (χ4v) is 3.35. The molecular formula is C21H31IN6O. The van der Waals surface area contributed by atoms with E-state index in [1.165, 1.54) is 5.56 Å². The topological polar surface area (TPSA) is 65.8 Å². The molecule has 3 rings (SSSR count). The minimum Gasteiger partial charge on any atom is -0.357 e. The Bertz CT molecular complexity index is 833. The quantitative estimate of drug-likeness (QED) is 0.382. The van der Waals surface area contributed by atoms with Crippen LogP contribution in [0.25, 0.3) is 0 Å². The zero-order chi connectivity index (χ0) is 20.1. The Labute approximate surface area is 190 Å². The van der Waals surface area contributed by atoms with Crippen LogP contribution in [0.3, 0.4) is 0 Å². The fourth-order valence-electron chi connectivity index (χ4n) is 3.35. The van der Waals surface area contributed by atoms with Gasteiger partial charge in [0.1, 0.15) is 6.54 Å². The smallest absolute Gasteiger partial charge is 0.246 e. The maximum absolute atomic E-state index is 12.7. The van der Waals surface area contributed by atoms with Crippen molar-refractivity contribution in [3.8, 4) is 0 Å². The van der Waals surface area contributed by atoms with Crippen molar-refractivity contribution >= 4 is 41.5 Å². The second kappa shape index (κ2) is 10.1. The zero-order valence-electron chi connectivity index (χ0n) is 17.6. The van der Waals surface area contributed by atoms with E-state index in [-0.39, 0.29) is 35.3 Å². The fraction of sp³-hybridized carbons (Fsp3) is 0.476. The zero-order valence-corrected chi connectivity index (χ0v) is 20.0. The number of hydrogen-bond donors (Lipinski definition) is 1. The third-order valence-electron chi connectivity index (χ3n) is 5.04. The number of benzene rings is 1. The highest BCUT2D eigenvalue weighted by Crippen LogP contribution is 2.23. The SMILES string of the molecule is CCNC(=NCC(C)(C)c1ccccc1)N1CCN(c2cnn(C)c2)C(=O)C1.I. The number of anilines is 1. The highest BCUT2D eigenvalue weighted by atomic mass is 127. The van der Waals surface area contributed by atoms with E-state index >= 15 is 0 Å². The molecule has 0 bridgehead atoms. The number of piperazine rings is 1. The van der Waals surface area contributed by atoms with Crippen LogP contribution in [-0.2, 0) is 17.3 Å². The van der Waals surface area contributed by atoms with Gasteiger partial charge in [0.25, 0.3) is 0 Å². The molecule has 0 aliphatic carbocycles. The predicted molar refractivity (Wildman–Crippen MR) is 128 cm³/mol. The molecule has 1 amide bonds. The van der Waals surface area contributed by atoms with Crippen LogP contribution >= 0.6 is 24.0 Å². The maximum atomic E-state index is 12.7. The molecule has 0 saturated carbocycles. The van der Waals surface area contributed by atoms with Crippen molar-refractivity contribution in [2.75, 3.05) is 37.6 Å². The molecule has 2 aromatic rings. The first kappa shape index (κ1) is 23.2. The Morgan fingerprint density at radius 3 is 2.55 bits per heavy atom.